The van der Waals surface area contributed by atoms with Crippen LogP contribution >= 0.6 is 11.3 Å². The van der Waals surface area contributed by atoms with Crippen molar-refractivity contribution in [1.29, 1.82) is 0 Å². The van der Waals surface area contributed by atoms with Crippen molar-refractivity contribution < 1.29 is 0 Å². The molecule has 0 spiro atoms. The zero-order chi connectivity index (χ0) is 14.4. The maximum atomic E-state index is 4.76. The molecule has 1 aliphatic heterocycles. The summed E-state index contributed by atoms with van der Waals surface area (Å²) in [5, 5.41) is 6.74. The van der Waals surface area contributed by atoms with Crippen LogP contribution in [0, 0.1) is 5.92 Å². The van der Waals surface area contributed by atoms with Crippen molar-refractivity contribution >= 4 is 17.3 Å². The van der Waals surface area contributed by atoms with E-state index in [0.717, 1.165) is 43.6 Å². The fourth-order valence-electron chi connectivity index (χ4n) is 2.39. The van der Waals surface area contributed by atoms with Gasteiger partial charge in [0.05, 0.1) is 17.2 Å². The van der Waals surface area contributed by atoms with Crippen LogP contribution in [0.3, 0.4) is 0 Å². The van der Waals surface area contributed by atoms with Gasteiger partial charge in [-0.1, -0.05) is 13.8 Å². The van der Waals surface area contributed by atoms with E-state index in [-0.39, 0.29) is 0 Å². The molecule has 5 heteroatoms. The van der Waals surface area contributed by atoms with Crippen molar-refractivity contribution in [1.82, 2.24) is 15.2 Å². The van der Waals surface area contributed by atoms with Crippen LogP contribution in [0.2, 0.25) is 0 Å². The van der Waals surface area contributed by atoms with Gasteiger partial charge < -0.3 is 10.2 Å². The highest BCUT2D eigenvalue weighted by Crippen LogP contribution is 2.16. The van der Waals surface area contributed by atoms with Crippen LogP contribution < -0.4 is 5.32 Å². The Balaban J connectivity index is 1.97. The number of piperidine rings is 1. The Morgan fingerprint density at radius 2 is 2.20 bits per heavy atom. The van der Waals surface area contributed by atoms with Crippen LogP contribution in [0.15, 0.2) is 10.4 Å². The van der Waals surface area contributed by atoms with Gasteiger partial charge >= 0.3 is 0 Å². The molecule has 0 bridgehead atoms. The SMILES string of the molecule is CCNC(=NCc1csc(CC)n1)N1CCC(C)CC1. The Morgan fingerprint density at radius 1 is 1.45 bits per heavy atom. The minimum atomic E-state index is 0.685. The number of hydrogen-bond acceptors (Lipinski definition) is 3. The molecule has 0 aliphatic carbocycles. The van der Waals surface area contributed by atoms with E-state index in [1.165, 1.54) is 17.8 Å². The number of likely N-dealkylation sites (tertiary alicyclic amines) is 1. The average molecular weight is 294 g/mol. The molecule has 20 heavy (non-hydrogen) atoms. The van der Waals surface area contributed by atoms with Crippen LogP contribution in [-0.4, -0.2) is 35.5 Å². The average Bonchev–Trinajstić information content (AvgIpc) is 2.92. The Labute approximate surface area is 126 Å². The molecule has 1 fully saturated rings. The molecule has 1 aromatic rings. The maximum Gasteiger partial charge on any atom is 0.194 e. The Hall–Kier alpha value is -1.10. The fourth-order valence-corrected chi connectivity index (χ4v) is 3.12. The van der Waals surface area contributed by atoms with Gasteiger partial charge in [0.15, 0.2) is 5.96 Å². The summed E-state index contributed by atoms with van der Waals surface area (Å²) < 4.78 is 0. The lowest BCUT2D eigenvalue weighted by atomic mass is 10.00. The van der Waals surface area contributed by atoms with Gasteiger partial charge in [-0.2, -0.15) is 0 Å². The van der Waals surface area contributed by atoms with Crippen molar-refractivity contribution in [3.05, 3.63) is 16.1 Å². The first-order chi connectivity index (χ1) is 9.72. The lowest BCUT2D eigenvalue weighted by molar-refractivity contribution is 0.273. The third kappa shape index (κ3) is 4.20. The Bertz CT molecular complexity index is 433. The molecular formula is C15H26N4S. The quantitative estimate of drug-likeness (QED) is 0.685. The Morgan fingerprint density at radius 3 is 2.80 bits per heavy atom. The molecule has 0 aromatic carbocycles. The molecule has 1 N–H and O–H groups in total. The standard InChI is InChI=1S/C15H26N4S/c1-4-14-18-13(11-20-14)10-17-15(16-5-2)19-8-6-12(3)7-9-19/h11-12H,4-10H2,1-3H3,(H,16,17). The molecule has 0 unspecified atom stereocenters. The van der Waals surface area contributed by atoms with Crippen LogP contribution in [0.5, 0.6) is 0 Å². The number of hydrogen-bond donors (Lipinski definition) is 1. The second kappa shape index (κ2) is 7.62. The predicted octanol–water partition coefficient (Wildman–Crippen LogP) is 2.90. The summed E-state index contributed by atoms with van der Waals surface area (Å²) in [6.45, 7) is 10.4. The molecule has 112 valence electrons. The summed E-state index contributed by atoms with van der Waals surface area (Å²) in [5.41, 5.74) is 1.09. The molecule has 0 atom stereocenters. The third-order valence-electron chi connectivity index (χ3n) is 3.71. The van der Waals surface area contributed by atoms with E-state index in [1.807, 2.05) is 0 Å². The van der Waals surface area contributed by atoms with Crippen molar-refractivity contribution in [3.63, 3.8) is 0 Å². The zero-order valence-corrected chi connectivity index (χ0v) is 13.7. The molecule has 0 amide bonds. The van der Waals surface area contributed by atoms with E-state index in [4.69, 9.17) is 4.99 Å². The molecule has 1 saturated heterocycles. The van der Waals surface area contributed by atoms with Gasteiger partial charge in [-0.3, -0.25) is 0 Å². The van der Waals surface area contributed by atoms with Crippen molar-refractivity contribution in [2.75, 3.05) is 19.6 Å². The highest BCUT2D eigenvalue weighted by atomic mass is 32.1. The van der Waals surface area contributed by atoms with Gasteiger partial charge in [-0.15, -0.1) is 11.3 Å². The summed E-state index contributed by atoms with van der Waals surface area (Å²) in [6.07, 6.45) is 3.54. The maximum absolute atomic E-state index is 4.76. The van der Waals surface area contributed by atoms with E-state index in [9.17, 15) is 0 Å². The van der Waals surface area contributed by atoms with Crippen LogP contribution in [0.4, 0.5) is 0 Å². The normalized spacial score (nSPS) is 17.6. The zero-order valence-electron chi connectivity index (χ0n) is 12.9. The third-order valence-corrected chi connectivity index (χ3v) is 4.75. The molecule has 0 saturated carbocycles. The van der Waals surface area contributed by atoms with E-state index < -0.39 is 0 Å². The number of rotatable bonds is 4. The molecule has 2 rings (SSSR count). The smallest absolute Gasteiger partial charge is 0.194 e. The summed E-state index contributed by atoms with van der Waals surface area (Å²) in [7, 11) is 0. The summed E-state index contributed by atoms with van der Waals surface area (Å²) in [4.78, 5) is 11.7. The first-order valence-electron chi connectivity index (χ1n) is 7.69. The fraction of sp³-hybridized carbons (Fsp3) is 0.733. The molecule has 2 heterocycles. The van der Waals surface area contributed by atoms with Crippen LogP contribution in [0.1, 0.15) is 44.3 Å². The number of thiazole rings is 1. The van der Waals surface area contributed by atoms with Crippen LogP contribution in [-0.2, 0) is 13.0 Å². The van der Waals surface area contributed by atoms with Crippen molar-refractivity contribution in [2.45, 2.75) is 46.6 Å². The monoisotopic (exact) mass is 294 g/mol. The van der Waals surface area contributed by atoms with Gasteiger partial charge in [-0.25, -0.2) is 9.98 Å². The molecule has 1 aromatic heterocycles. The van der Waals surface area contributed by atoms with Gasteiger partial charge in [0.2, 0.25) is 0 Å². The number of guanidine groups is 1. The minimum Gasteiger partial charge on any atom is -0.357 e. The summed E-state index contributed by atoms with van der Waals surface area (Å²) >= 11 is 1.74. The predicted molar refractivity (Wildman–Crippen MR) is 86.3 cm³/mol. The van der Waals surface area contributed by atoms with E-state index in [0.29, 0.717) is 6.54 Å². The van der Waals surface area contributed by atoms with Gasteiger partial charge in [0.25, 0.3) is 0 Å². The number of nitrogens with one attached hydrogen (secondary N) is 1. The topological polar surface area (TPSA) is 40.5 Å². The highest BCUT2D eigenvalue weighted by molar-refractivity contribution is 7.09. The molecule has 1 aliphatic rings. The second-order valence-corrected chi connectivity index (χ2v) is 6.37. The Kier molecular flexibility index (Phi) is 5.83. The largest absolute Gasteiger partial charge is 0.357 e. The summed E-state index contributed by atoms with van der Waals surface area (Å²) in [5.74, 6) is 1.89. The van der Waals surface area contributed by atoms with Gasteiger partial charge in [0, 0.05) is 25.0 Å². The van der Waals surface area contributed by atoms with E-state index in [1.54, 1.807) is 11.3 Å². The van der Waals surface area contributed by atoms with Crippen molar-refractivity contribution in [2.24, 2.45) is 10.9 Å². The van der Waals surface area contributed by atoms with Gasteiger partial charge in [-0.05, 0) is 32.1 Å². The van der Waals surface area contributed by atoms with E-state index >= 15 is 0 Å². The lowest BCUT2D eigenvalue weighted by Gasteiger charge is -2.32. The lowest BCUT2D eigenvalue weighted by Crippen LogP contribution is -2.45. The first kappa shape index (κ1) is 15.3. The number of aliphatic imine (C=N–C) groups is 1. The second-order valence-electron chi connectivity index (χ2n) is 5.43. The highest BCUT2D eigenvalue weighted by Gasteiger charge is 2.18. The van der Waals surface area contributed by atoms with Crippen molar-refractivity contribution in [3.8, 4) is 0 Å². The van der Waals surface area contributed by atoms with Gasteiger partial charge in [0.1, 0.15) is 0 Å². The summed E-state index contributed by atoms with van der Waals surface area (Å²) in [6, 6.07) is 0. The molecule has 0 radical (unpaired) electrons. The molecular weight excluding hydrogens is 268 g/mol. The number of aromatic nitrogens is 1. The van der Waals surface area contributed by atoms with Crippen LogP contribution in [0.25, 0.3) is 0 Å². The first-order valence-corrected chi connectivity index (χ1v) is 8.57. The number of aryl methyl sites for hydroxylation is 1. The minimum absolute atomic E-state index is 0.685. The van der Waals surface area contributed by atoms with E-state index in [2.05, 4.69) is 41.4 Å². The number of nitrogens with zero attached hydrogens (tertiary/aromatic N) is 3. The molecule has 4 nitrogen and oxygen atoms in total.